The minimum atomic E-state index is 0.473. The van der Waals surface area contributed by atoms with Gasteiger partial charge in [0.1, 0.15) is 17.3 Å². The number of methoxy groups -OCH3 is 2. The van der Waals surface area contributed by atoms with Crippen LogP contribution in [0.5, 0.6) is 11.5 Å². The first-order valence-electron chi connectivity index (χ1n) is 8.78. The normalized spacial score (nSPS) is 10.5. The Morgan fingerprint density at radius 2 is 1.61 bits per heavy atom. The van der Waals surface area contributed by atoms with Crippen molar-refractivity contribution in [3.63, 3.8) is 0 Å². The summed E-state index contributed by atoms with van der Waals surface area (Å²) in [6.07, 6.45) is 0. The Kier molecular flexibility index (Phi) is 5.90. The number of nitrogens with zero attached hydrogens (tertiary/aromatic N) is 2. The van der Waals surface area contributed by atoms with Crippen molar-refractivity contribution in [2.75, 3.05) is 24.9 Å². The van der Waals surface area contributed by atoms with Crippen molar-refractivity contribution < 1.29 is 9.47 Å². The molecule has 0 fully saturated rings. The maximum Gasteiger partial charge on any atom is 0.229 e. The van der Waals surface area contributed by atoms with Crippen LogP contribution in [0.15, 0.2) is 36.4 Å². The molecule has 1 aromatic heterocycles. The van der Waals surface area contributed by atoms with Gasteiger partial charge >= 0.3 is 0 Å². The lowest BCUT2D eigenvalue weighted by Crippen LogP contribution is -2.04. The lowest BCUT2D eigenvalue weighted by atomic mass is 10.1. The molecule has 1 heterocycles. The summed E-state index contributed by atoms with van der Waals surface area (Å²) in [6.45, 7) is 6.06. The van der Waals surface area contributed by atoms with Crippen LogP contribution in [0.4, 0.5) is 23.1 Å². The van der Waals surface area contributed by atoms with Crippen molar-refractivity contribution >= 4 is 34.7 Å². The SMILES string of the molecule is COc1cc(Nc2cc(C)nc(Nc3cccc(C)c3C)n2)c(OC)cc1Cl. The molecule has 0 atom stereocenters. The van der Waals surface area contributed by atoms with E-state index in [4.69, 9.17) is 21.1 Å². The van der Waals surface area contributed by atoms with Gasteiger partial charge < -0.3 is 20.1 Å². The summed E-state index contributed by atoms with van der Waals surface area (Å²) < 4.78 is 10.7. The average molecular weight is 399 g/mol. The first-order chi connectivity index (χ1) is 13.4. The molecule has 2 N–H and O–H groups in total. The number of halogens is 1. The molecule has 146 valence electrons. The van der Waals surface area contributed by atoms with Crippen LogP contribution in [0.25, 0.3) is 0 Å². The number of hydrogen-bond donors (Lipinski definition) is 2. The molecule has 0 radical (unpaired) electrons. The molecule has 0 aliphatic rings. The molecule has 3 rings (SSSR count). The average Bonchev–Trinajstić information content (AvgIpc) is 2.66. The van der Waals surface area contributed by atoms with Crippen molar-refractivity contribution in [1.82, 2.24) is 9.97 Å². The second-order valence-electron chi connectivity index (χ2n) is 6.40. The third-order valence-electron chi connectivity index (χ3n) is 4.44. The fourth-order valence-electron chi connectivity index (χ4n) is 2.79. The van der Waals surface area contributed by atoms with Gasteiger partial charge in [0.2, 0.25) is 5.95 Å². The second-order valence-corrected chi connectivity index (χ2v) is 6.81. The molecule has 0 aliphatic carbocycles. The van der Waals surface area contributed by atoms with Crippen LogP contribution in [0, 0.1) is 20.8 Å². The Balaban J connectivity index is 1.93. The first kappa shape index (κ1) is 19.8. The summed E-state index contributed by atoms with van der Waals surface area (Å²) in [5.74, 6) is 2.27. The van der Waals surface area contributed by atoms with E-state index in [0.717, 1.165) is 16.9 Å². The van der Waals surface area contributed by atoms with E-state index < -0.39 is 0 Å². The number of ether oxygens (including phenoxy) is 2. The van der Waals surface area contributed by atoms with Crippen LogP contribution in [-0.2, 0) is 0 Å². The van der Waals surface area contributed by atoms with Gasteiger partial charge in [-0.25, -0.2) is 4.98 Å². The van der Waals surface area contributed by atoms with Crippen molar-refractivity contribution in [2.45, 2.75) is 20.8 Å². The topological polar surface area (TPSA) is 68.3 Å². The predicted molar refractivity (Wildman–Crippen MR) is 114 cm³/mol. The maximum atomic E-state index is 6.18. The standard InChI is InChI=1S/C21H23ClN4O2/c1-12-7-6-8-16(14(12)3)25-21-23-13(2)9-20(26-21)24-17-11-18(27-4)15(22)10-19(17)28-5/h6-11H,1-5H3,(H2,23,24,25,26). The highest BCUT2D eigenvalue weighted by Gasteiger charge is 2.12. The van der Waals surface area contributed by atoms with Crippen molar-refractivity contribution in [3.8, 4) is 11.5 Å². The number of rotatable bonds is 6. The van der Waals surface area contributed by atoms with E-state index in [0.29, 0.717) is 34.0 Å². The van der Waals surface area contributed by atoms with E-state index in [-0.39, 0.29) is 0 Å². The van der Waals surface area contributed by atoms with Gasteiger partial charge in [-0.2, -0.15) is 4.98 Å². The number of hydrogen-bond acceptors (Lipinski definition) is 6. The maximum absolute atomic E-state index is 6.18. The number of benzene rings is 2. The van der Waals surface area contributed by atoms with Crippen LogP contribution in [0.2, 0.25) is 5.02 Å². The fourth-order valence-corrected chi connectivity index (χ4v) is 3.02. The quantitative estimate of drug-likeness (QED) is 0.566. The van der Waals surface area contributed by atoms with Crippen LogP contribution in [0.3, 0.4) is 0 Å². The Hall–Kier alpha value is -2.99. The van der Waals surface area contributed by atoms with Gasteiger partial charge in [-0.3, -0.25) is 0 Å². The van der Waals surface area contributed by atoms with E-state index in [2.05, 4.69) is 40.5 Å². The second kappa shape index (κ2) is 8.35. The lowest BCUT2D eigenvalue weighted by Gasteiger charge is -2.15. The number of aromatic nitrogens is 2. The zero-order valence-corrected chi connectivity index (χ0v) is 17.3. The van der Waals surface area contributed by atoms with Crippen LogP contribution in [0.1, 0.15) is 16.8 Å². The molecule has 3 aromatic rings. The third-order valence-corrected chi connectivity index (χ3v) is 4.74. The smallest absolute Gasteiger partial charge is 0.229 e. The molecule has 0 bridgehead atoms. The van der Waals surface area contributed by atoms with E-state index >= 15 is 0 Å². The zero-order chi connectivity index (χ0) is 20.3. The van der Waals surface area contributed by atoms with Gasteiger partial charge in [0.25, 0.3) is 0 Å². The Morgan fingerprint density at radius 1 is 0.857 bits per heavy atom. The molecule has 2 aromatic carbocycles. The molecule has 0 saturated heterocycles. The molecule has 0 unspecified atom stereocenters. The van der Waals surface area contributed by atoms with Gasteiger partial charge in [-0.1, -0.05) is 23.7 Å². The molecule has 0 aliphatic heterocycles. The molecular formula is C21H23ClN4O2. The highest BCUT2D eigenvalue weighted by atomic mass is 35.5. The molecule has 28 heavy (non-hydrogen) atoms. The summed E-state index contributed by atoms with van der Waals surface area (Å²) in [7, 11) is 3.15. The largest absolute Gasteiger partial charge is 0.495 e. The van der Waals surface area contributed by atoms with Crippen LogP contribution in [-0.4, -0.2) is 24.2 Å². The highest BCUT2D eigenvalue weighted by molar-refractivity contribution is 6.32. The van der Waals surface area contributed by atoms with Gasteiger partial charge in [0, 0.05) is 29.6 Å². The van der Waals surface area contributed by atoms with Crippen molar-refractivity contribution in [2.24, 2.45) is 0 Å². The Morgan fingerprint density at radius 3 is 2.32 bits per heavy atom. The lowest BCUT2D eigenvalue weighted by molar-refractivity contribution is 0.405. The highest BCUT2D eigenvalue weighted by Crippen LogP contribution is 2.37. The summed E-state index contributed by atoms with van der Waals surface area (Å²) in [5.41, 5.74) is 4.85. The van der Waals surface area contributed by atoms with Crippen molar-refractivity contribution in [3.05, 3.63) is 58.2 Å². The zero-order valence-electron chi connectivity index (χ0n) is 16.6. The molecular weight excluding hydrogens is 376 g/mol. The molecule has 6 nitrogen and oxygen atoms in total. The molecule has 0 spiro atoms. The van der Waals surface area contributed by atoms with Crippen molar-refractivity contribution in [1.29, 1.82) is 0 Å². The number of aryl methyl sites for hydroxylation is 2. The minimum absolute atomic E-state index is 0.473. The van der Waals surface area contributed by atoms with Gasteiger partial charge in [-0.05, 0) is 38.0 Å². The summed E-state index contributed by atoms with van der Waals surface area (Å²) in [5, 5.41) is 7.04. The van der Waals surface area contributed by atoms with Gasteiger partial charge in [-0.15, -0.1) is 0 Å². The minimum Gasteiger partial charge on any atom is -0.495 e. The summed E-state index contributed by atoms with van der Waals surface area (Å²) in [4.78, 5) is 9.08. The summed E-state index contributed by atoms with van der Waals surface area (Å²) >= 11 is 6.18. The Labute approximate surface area is 169 Å². The van der Waals surface area contributed by atoms with Crippen LogP contribution < -0.4 is 20.1 Å². The van der Waals surface area contributed by atoms with Gasteiger partial charge in [0.15, 0.2) is 0 Å². The fraction of sp³-hybridized carbons (Fsp3) is 0.238. The monoisotopic (exact) mass is 398 g/mol. The van der Waals surface area contributed by atoms with E-state index in [1.807, 2.05) is 25.1 Å². The van der Waals surface area contributed by atoms with E-state index in [1.54, 1.807) is 26.4 Å². The molecule has 7 heteroatoms. The number of anilines is 4. The first-order valence-corrected chi connectivity index (χ1v) is 9.16. The number of nitrogens with one attached hydrogen (secondary N) is 2. The van der Waals surface area contributed by atoms with Crippen LogP contribution >= 0.6 is 11.6 Å². The van der Waals surface area contributed by atoms with E-state index in [1.165, 1.54) is 5.56 Å². The Bertz CT molecular complexity index is 1010. The summed E-state index contributed by atoms with van der Waals surface area (Å²) in [6, 6.07) is 11.4. The van der Waals surface area contributed by atoms with Gasteiger partial charge in [0.05, 0.1) is 24.9 Å². The third kappa shape index (κ3) is 4.28. The molecule has 0 amide bonds. The molecule has 0 saturated carbocycles. The predicted octanol–water partition coefficient (Wildman–Crippen LogP) is 5.56. The van der Waals surface area contributed by atoms with E-state index in [9.17, 15) is 0 Å².